The number of aryl methyl sites for hydroxylation is 3. The highest BCUT2D eigenvalue weighted by atomic mass is 16.4. The molecule has 140 valence electrons. The number of aliphatic carboxylic acids is 1. The van der Waals surface area contributed by atoms with Crippen molar-refractivity contribution in [2.75, 3.05) is 5.32 Å². The van der Waals surface area contributed by atoms with Crippen molar-refractivity contribution in [3.63, 3.8) is 0 Å². The molecular weight excluding hydrogens is 340 g/mol. The van der Waals surface area contributed by atoms with Gasteiger partial charge in [0.15, 0.2) is 5.65 Å². The van der Waals surface area contributed by atoms with Gasteiger partial charge in [0.2, 0.25) is 0 Å². The Morgan fingerprint density at radius 2 is 2.07 bits per heavy atom. The van der Waals surface area contributed by atoms with E-state index in [-0.39, 0.29) is 0 Å². The smallest absolute Gasteiger partial charge is 0.311 e. The fourth-order valence-electron chi connectivity index (χ4n) is 4.06. The molecule has 3 heterocycles. The number of pyridine rings is 1. The summed E-state index contributed by atoms with van der Waals surface area (Å²) in [5.41, 5.74) is 4.90. The lowest BCUT2D eigenvalue weighted by atomic mass is 9.91. The van der Waals surface area contributed by atoms with Crippen molar-refractivity contribution in [3.05, 3.63) is 47.4 Å². The van der Waals surface area contributed by atoms with Gasteiger partial charge in [-0.1, -0.05) is 31.5 Å². The molecule has 3 aromatic rings. The Morgan fingerprint density at radius 1 is 1.30 bits per heavy atom. The minimum Gasteiger partial charge on any atom is -0.481 e. The number of anilines is 2. The highest BCUT2D eigenvalue weighted by Crippen LogP contribution is 2.39. The number of rotatable bonds is 6. The Kier molecular flexibility index (Phi) is 4.56. The van der Waals surface area contributed by atoms with Crippen LogP contribution in [0.2, 0.25) is 0 Å². The number of nitrogens with one attached hydrogen (secondary N) is 1. The molecule has 1 atom stereocenters. The molecule has 0 saturated heterocycles. The predicted molar refractivity (Wildman–Crippen MR) is 106 cm³/mol. The summed E-state index contributed by atoms with van der Waals surface area (Å²) < 4.78 is 2.20. The Balaban J connectivity index is 1.99. The van der Waals surface area contributed by atoms with Gasteiger partial charge in [-0.2, -0.15) is 0 Å². The lowest BCUT2D eigenvalue weighted by Gasteiger charge is -2.21. The Bertz CT molecular complexity index is 995. The monoisotopic (exact) mass is 364 g/mol. The zero-order chi connectivity index (χ0) is 19.0. The van der Waals surface area contributed by atoms with Gasteiger partial charge in [0, 0.05) is 29.9 Å². The first-order valence-electron chi connectivity index (χ1n) is 9.54. The highest BCUT2D eigenvalue weighted by Gasteiger charge is 2.30. The summed E-state index contributed by atoms with van der Waals surface area (Å²) in [7, 11) is 0. The van der Waals surface area contributed by atoms with E-state index in [2.05, 4.69) is 9.88 Å². The van der Waals surface area contributed by atoms with E-state index in [1.54, 1.807) is 0 Å². The molecule has 0 fully saturated rings. The number of hydrogen-bond acceptors (Lipinski definition) is 4. The molecule has 0 saturated carbocycles. The van der Waals surface area contributed by atoms with Crippen molar-refractivity contribution in [3.8, 4) is 0 Å². The van der Waals surface area contributed by atoms with Gasteiger partial charge in [-0.15, -0.1) is 0 Å². The van der Waals surface area contributed by atoms with E-state index >= 15 is 0 Å². The molecule has 1 aliphatic rings. The molecule has 6 heteroatoms. The largest absolute Gasteiger partial charge is 0.481 e. The maximum Gasteiger partial charge on any atom is 0.311 e. The van der Waals surface area contributed by atoms with E-state index in [4.69, 9.17) is 9.97 Å². The first-order chi connectivity index (χ1) is 13.1. The van der Waals surface area contributed by atoms with Crippen LogP contribution < -0.4 is 5.32 Å². The molecule has 1 aliphatic heterocycles. The van der Waals surface area contributed by atoms with Gasteiger partial charge in [0.25, 0.3) is 0 Å². The molecule has 2 N–H and O–H groups in total. The molecule has 4 rings (SSSR count). The maximum atomic E-state index is 12.1. The van der Waals surface area contributed by atoms with E-state index in [9.17, 15) is 9.90 Å². The number of carboxylic acids is 1. The van der Waals surface area contributed by atoms with Crippen LogP contribution in [0, 0.1) is 6.92 Å². The average Bonchev–Trinajstić information content (AvgIpc) is 3.22. The van der Waals surface area contributed by atoms with Crippen LogP contribution in [0.1, 0.15) is 49.2 Å². The summed E-state index contributed by atoms with van der Waals surface area (Å²) in [5.74, 6) is -0.364. The van der Waals surface area contributed by atoms with Crippen molar-refractivity contribution in [1.29, 1.82) is 0 Å². The predicted octanol–water partition coefficient (Wildman–Crippen LogP) is 4.40. The van der Waals surface area contributed by atoms with E-state index in [1.807, 2.05) is 44.2 Å². The van der Waals surface area contributed by atoms with Crippen molar-refractivity contribution in [2.45, 2.75) is 52.0 Å². The molecule has 1 unspecified atom stereocenters. The topological polar surface area (TPSA) is 80.0 Å². The van der Waals surface area contributed by atoms with Crippen LogP contribution in [0.3, 0.4) is 0 Å². The van der Waals surface area contributed by atoms with Crippen LogP contribution in [0.25, 0.3) is 11.2 Å². The lowest BCUT2D eigenvalue weighted by molar-refractivity contribution is -0.139. The van der Waals surface area contributed by atoms with E-state index in [0.717, 1.165) is 59.8 Å². The summed E-state index contributed by atoms with van der Waals surface area (Å²) in [6.45, 7) is 4.80. The van der Waals surface area contributed by atoms with Crippen LogP contribution in [0.5, 0.6) is 0 Å². The van der Waals surface area contributed by atoms with E-state index in [1.165, 1.54) is 0 Å². The first-order valence-corrected chi connectivity index (χ1v) is 9.54. The van der Waals surface area contributed by atoms with Crippen LogP contribution in [-0.2, 0) is 17.8 Å². The Hall–Kier alpha value is -2.89. The van der Waals surface area contributed by atoms with Gasteiger partial charge in [0.05, 0.1) is 11.6 Å². The zero-order valence-corrected chi connectivity index (χ0v) is 15.7. The number of imidazole rings is 1. The van der Waals surface area contributed by atoms with Crippen molar-refractivity contribution in [2.24, 2.45) is 0 Å². The standard InChI is InChI=1S/C21H24N4O2/c1-3-8-15(21(26)27)17-13(2)22-20-19(25-12-7-11-16(25)24-20)18(17)23-14-9-5-4-6-10-14/h4-6,9-10,15H,3,7-8,11-12H2,1-2H3,(H,22,23)(H,26,27). The third kappa shape index (κ3) is 3.05. The number of para-hydroxylation sites is 1. The summed E-state index contributed by atoms with van der Waals surface area (Å²) in [4.78, 5) is 21.5. The highest BCUT2D eigenvalue weighted by molar-refractivity contribution is 5.94. The summed E-state index contributed by atoms with van der Waals surface area (Å²) in [5, 5.41) is 13.4. The summed E-state index contributed by atoms with van der Waals surface area (Å²) in [6.07, 6.45) is 3.37. The van der Waals surface area contributed by atoms with Gasteiger partial charge in [-0.25, -0.2) is 9.97 Å². The van der Waals surface area contributed by atoms with Gasteiger partial charge in [0.1, 0.15) is 11.3 Å². The minimum absolute atomic E-state index is 0.577. The number of nitrogens with zero attached hydrogens (tertiary/aromatic N) is 3. The third-order valence-corrected chi connectivity index (χ3v) is 5.25. The fourth-order valence-corrected chi connectivity index (χ4v) is 4.06. The van der Waals surface area contributed by atoms with E-state index in [0.29, 0.717) is 12.1 Å². The summed E-state index contributed by atoms with van der Waals surface area (Å²) >= 11 is 0. The second kappa shape index (κ2) is 7.02. The number of aromatic nitrogens is 3. The average molecular weight is 364 g/mol. The molecule has 1 aromatic carbocycles. The number of carboxylic acid groups (broad SMARTS) is 1. The van der Waals surface area contributed by atoms with Gasteiger partial charge in [-0.05, 0) is 31.9 Å². The molecule has 2 aromatic heterocycles. The number of hydrogen-bond donors (Lipinski definition) is 2. The third-order valence-electron chi connectivity index (χ3n) is 5.25. The quantitative estimate of drug-likeness (QED) is 0.678. The SMILES string of the molecule is CCCC(C(=O)O)c1c(C)nc2nc3n(c2c1Nc1ccccc1)CCC3. The molecule has 6 nitrogen and oxygen atoms in total. The molecule has 0 bridgehead atoms. The molecule has 0 radical (unpaired) electrons. The van der Waals surface area contributed by atoms with Crippen LogP contribution in [-0.4, -0.2) is 25.6 Å². The number of fused-ring (bicyclic) bond motifs is 3. The summed E-state index contributed by atoms with van der Waals surface area (Å²) in [6, 6.07) is 9.88. The number of benzene rings is 1. The fraction of sp³-hybridized carbons (Fsp3) is 0.381. The maximum absolute atomic E-state index is 12.1. The van der Waals surface area contributed by atoms with Gasteiger partial charge < -0.3 is 15.0 Å². The normalized spacial score (nSPS) is 14.3. The Morgan fingerprint density at radius 3 is 2.78 bits per heavy atom. The van der Waals surface area contributed by atoms with Gasteiger partial charge in [-0.3, -0.25) is 4.79 Å². The Labute approximate surface area is 158 Å². The molecule has 27 heavy (non-hydrogen) atoms. The molecular formula is C21H24N4O2. The van der Waals surface area contributed by atoms with Crippen LogP contribution in [0.4, 0.5) is 11.4 Å². The lowest BCUT2D eigenvalue weighted by Crippen LogP contribution is -2.16. The van der Waals surface area contributed by atoms with E-state index < -0.39 is 11.9 Å². The van der Waals surface area contributed by atoms with Crippen molar-refractivity contribution >= 4 is 28.5 Å². The first kappa shape index (κ1) is 17.5. The van der Waals surface area contributed by atoms with Crippen LogP contribution >= 0.6 is 0 Å². The zero-order valence-electron chi connectivity index (χ0n) is 15.7. The van der Waals surface area contributed by atoms with Crippen molar-refractivity contribution in [1.82, 2.24) is 14.5 Å². The molecule has 0 spiro atoms. The molecule has 0 amide bonds. The van der Waals surface area contributed by atoms with Crippen LogP contribution in [0.15, 0.2) is 30.3 Å². The molecule has 0 aliphatic carbocycles. The van der Waals surface area contributed by atoms with Gasteiger partial charge >= 0.3 is 5.97 Å². The van der Waals surface area contributed by atoms with Crippen molar-refractivity contribution < 1.29 is 9.90 Å². The number of carbonyl (C=O) groups is 1. The second-order valence-corrected chi connectivity index (χ2v) is 7.11. The minimum atomic E-state index is -0.807. The second-order valence-electron chi connectivity index (χ2n) is 7.11.